The second kappa shape index (κ2) is 5.86. The van der Waals surface area contributed by atoms with Crippen molar-refractivity contribution in [3.8, 4) is 0 Å². The number of amides is 1. The molecule has 1 saturated heterocycles. The van der Waals surface area contributed by atoms with E-state index in [4.69, 9.17) is 15.7 Å². The third kappa shape index (κ3) is 3.33. The topological polar surface area (TPSA) is 88.2 Å². The highest BCUT2D eigenvalue weighted by molar-refractivity contribution is 5.88. The molecule has 98 valence electrons. The quantitative estimate of drug-likeness (QED) is 0.324. The van der Waals surface area contributed by atoms with Crippen LogP contribution in [0.4, 0.5) is 0 Å². The molecule has 0 saturated carbocycles. The van der Waals surface area contributed by atoms with Crippen molar-refractivity contribution in [2.24, 2.45) is 16.8 Å². The van der Waals surface area contributed by atoms with Crippen LogP contribution in [0.1, 0.15) is 27.2 Å². The molecule has 0 aliphatic carbocycles. The van der Waals surface area contributed by atoms with Crippen LogP contribution in [0.3, 0.4) is 0 Å². The maximum Gasteiger partial charge on any atom is 0.229 e. The van der Waals surface area contributed by atoms with Crippen LogP contribution in [0.5, 0.6) is 0 Å². The fourth-order valence-electron chi connectivity index (χ4n) is 1.99. The molecule has 1 amide bonds. The van der Waals surface area contributed by atoms with Gasteiger partial charge in [0.25, 0.3) is 0 Å². The Labute approximate surface area is 101 Å². The van der Waals surface area contributed by atoms with Crippen LogP contribution in [0.15, 0.2) is 5.16 Å². The van der Waals surface area contributed by atoms with E-state index in [1.807, 2.05) is 20.8 Å². The third-order valence-electron chi connectivity index (χ3n) is 3.06. The van der Waals surface area contributed by atoms with Crippen LogP contribution in [0.2, 0.25) is 0 Å². The van der Waals surface area contributed by atoms with Gasteiger partial charge in [-0.2, -0.15) is 0 Å². The zero-order valence-corrected chi connectivity index (χ0v) is 10.6. The highest BCUT2D eigenvalue weighted by Crippen LogP contribution is 2.23. The Kier molecular flexibility index (Phi) is 4.74. The molecule has 0 aromatic heterocycles. The first-order chi connectivity index (χ1) is 7.97. The molecule has 0 bridgehead atoms. The Morgan fingerprint density at radius 3 is 2.71 bits per heavy atom. The van der Waals surface area contributed by atoms with Gasteiger partial charge in [-0.05, 0) is 27.2 Å². The van der Waals surface area contributed by atoms with Gasteiger partial charge in [0.1, 0.15) is 0 Å². The number of nitrogens with zero attached hydrogens (tertiary/aromatic N) is 2. The maximum absolute atomic E-state index is 12.3. The lowest BCUT2D eigenvalue weighted by Gasteiger charge is -2.29. The molecule has 1 heterocycles. The Bertz CT molecular complexity index is 304. The second-order valence-electron chi connectivity index (χ2n) is 4.62. The molecule has 2 atom stereocenters. The van der Waals surface area contributed by atoms with Gasteiger partial charge in [-0.3, -0.25) is 4.79 Å². The van der Waals surface area contributed by atoms with E-state index in [-0.39, 0.29) is 36.4 Å². The zero-order valence-electron chi connectivity index (χ0n) is 10.6. The Hall–Kier alpha value is -1.30. The number of hydrogen-bond acceptors (Lipinski definition) is 4. The summed E-state index contributed by atoms with van der Waals surface area (Å²) in [5, 5.41) is 11.5. The summed E-state index contributed by atoms with van der Waals surface area (Å²) >= 11 is 0. The summed E-state index contributed by atoms with van der Waals surface area (Å²) in [6, 6.07) is 0.00981. The van der Waals surface area contributed by atoms with Gasteiger partial charge in [0.05, 0.1) is 18.6 Å². The lowest BCUT2D eigenvalue weighted by atomic mass is 10.0. The molecule has 1 rings (SSSR count). The van der Waals surface area contributed by atoms with Crippen molar-refractivity contribution in [1.82, 2.24) is 4.90 Å². The van der Waals surface area contributed by atoms with Gasteiger partial charge in [0.2, 0.25) is 5.91 Å². The average Bonchev–Trinajstić information content (AvgIpc) is 2.70. The van der Waals surface area contributed by atoms with Crippen molar-refractivity contribution in [3.05, 3.63) is 0 Å². The molecule has 0 aromatic carbocycles. The molecule has 0 aromatic rings. The molecule has 0 radical (unpaired) electrons. The van der Waals surface area contributed by atoms with Gasteiger partial charge in [0.15, 0.2) is 5.84 Å². The van der Waals surface area contributed by atoms with Crippen LogP contribution in [0, 0.1) is 5.92 Å². The number of oxime groups is 1. The van der Waals surface area contributed by atoms with E-state index < -0.39 is 0 Å². The van der Waals surface area contributed by atoms with E-state index in [1.165, 1.54) is 0 Å². The Balaban J connectivity index is 2.73. The van der Waals surface area contributed by atoms with Gasteiger partial charge < -0.3 is 20.6 Å². The normalized spacial score (nSPS) is 25.3. The van der Waals surface area contributed by atoms with Crippen molar-refractivity contribution >= 4 is 11.7 Å². The van der Waals surface area contributed by atoms with Gasteiger partial charge in [0, 0.05) is 12.6 Å². The third-order valence-corrected chi connectivity index (χ3v) is 3.06. The molecule has 17 heavy (non-hydrogen) atoms. The molecule has 1 aliphatic heterocycles. The number of carbonyl (C=O) groups is 1. The van der Waals surface area contributed by atoms with Gasteiger partial charge in [-0.15, -0.1) is 0 Å². The van der Waals surface area contributed by atoms with E-state index >= 15 is 0 Å². The fourth-order valence-corrected chi connectivity index (χ4v) is 1.99. The molecule has 6 nitrogen and oxygen atoms in total. The smallest absolute Gasteiger partial charge is 0.229 e. The number of carbonyl (C=O) groups excluding carboxylic acids is 1. The highest BCUT2D eigenvalue weighted by Gasteiger charge is 2.34. The second-order valence-corrected chi connectivity index (χ2v) is 4.62. The number of amidine groups is 1. The van der Waals surface area contributed by atoms with Crippen LogP contribution in [-0.2, 0) is 9.53 Å². The molecule has 1 aliphatic rings. The Morgan fingerprint density at radius 1 is 1.65 bits per heavy atom. The molecule has 2 unspecified atom stereocenters. The SMILES string of the molecule is CC1OCCC1C(=O)N(CC(N)=NO)C(C)C. The lowest BCUT2D eigenvalue weighted by molar-refractivity contribution is -0.137. The van der Waals surface area contributed by atoms with E-state index in [9.17, 15) is 4.79 Å². The summed E-state index contributed by atoms with van der Waals surface area (Å²) in [6.45, 7) is 6.48. The predicted molar refractivity (Wildman–Crippen MR) is 63.8 cm³/mol. The number of nitrogens with two attached hydrogens (primary N) is 1. The van der Waals surface area contributed by atoms with E-state index in [0.29, 0.717) is 6.61 Å². The predicted octanol–water partition coefficient (Wildman–Crippen LogP) is 0.395. The van der Waals surface area contributed by atoms with Crippen molar-refractivity contribution < 1.29 is 14.7 Å². The summed E-state index contributed by atoms with van der Waals surface area (Å²) in [6.07, 6.45) is 0.676. The zero-order chi connectivity index (χ0) is 13.0. The molecule has 0 spiro atoms. The molecule has 6 heteroatoms. The average molecular weight is 243 g/mol. The minimum Gasteiger partial charge on any atom is -0.409 e. The lowest BCUT2D eigenvalue weighted by Crippen LogP contribution is -2.46. The van der Waals surface area contributed by atoms with Gasteiger partial charge in [-0.25, -0.2) is 0 Å². The summed E-state index contributed by atoms with van der Waals surface area (Å²) in [5.41, 5.74) is 5.46. The largest absolute Gasteiger partial charge is 0.409 e. The van der Waals surface area contributed by atoms with Crippen molar-refractivity contribution in [2.75, 3.05) is 13.2 Å². The molecule has 1 fully saturated rings. The molecular weight excluding hydrogens is 222 g/mol. The summed E-state index contributed by atoms with van der Waals surface area (Å²) in [7, 11) is 0. The van der Waals surface area contributed by atoms with Crippen molar-refractivity contribution in [1.29, 1.82) is 0 Å². The van der Waals surface area contributed by atoms with E-state index in [1.54, 1.807) is 4.90 Å². The van der Waals surface area contributed by atoms with Crippen LogP contribution in [0.25, 0.3) is 0 Å². The fraction of sp³-hybridized carbons (Fsp3) is 0.818. The van der Waals surface area contributed by atoms with Crippen LogP contribution < -0.4 is 5.73 Å². The number of ether oxygens (including phenoxy) is 1. The maximum atomic E-state index is 12.3. The molecule has 3 N–H and O–H groups in total. The summed E-state index contributed by atoms with van der Waals surface area (Å²) in [5.74, 6) is -0.0703. The minimum absolute atomic E-state index is 0.00981. The van der Waals surface area contributed by atoms with Gasteiger partial charge in [-0.1, -0.05) is 5.16 Å². The summed E-state index contributed by atoms with van der Waals surface area (Å²) < 4.78 is 5.39. The van der Waals surface area contributed by atoms with Crippen molar-refractivity contribution in [2.45, 2.75) is 39.3 Å². The first-order valence-corrected chi connectivity index (χ1v) is 5.85. The summed E-state index contributed by atoms with van der Waals surface area (Å²) in [4.78, 5) is 13.9. The molecular formula is C11H21N3O3. The van der Waals surface area contributed by atoms with Crippen molar-refractivity contribution in [3.63, 3.8) is 0 Å². The highest BCUT2D eigenvalue weighted by atomic mass is 16.5. The van der Waals surface area contributed by atoms with Gasteiger partial charge >= 0.3 is 0 Å². The van der Waals surface area contributed by atoms with E-state index in [2.05, 4.69) is 5.16 Å². The van der Waals surface area contributed by atoms with Crippen LogP contribution in [-0.4, -0.2) is 47.1 Å². The standard InChI is InChI=1S/C11H21N3O3/c1-7(2)14(6-10(12)13-16)11(15)9-4-5-17-8(9)3/h7-9,16H,4-6H2,1-3H3,(H2,12,13). The van der Waals surface area contributed by atoms with Crippen LogP contribution >= 0.6 is 0 Å². The Morgan fingerprint density at radius 2 is 2.29 bits per heavy atom. The van der Waals surface area contributed by atoms with E-state index in [0.717, 1.165) is 6.42 Å². The monoisotopic (exact) mass is 243 g/mol. The first-order valence-electron chi connectivity index (χ1n) is 5.85. The minimum atomic E-state index is -0.121. The number of rotatable bonds is 4. The number of hydrogen-bond donors (Lipinski definition) is 2. The first kappa shape index (κ1) is 13.8.